The summed E-state index contributed by atoms with van der Waals surface area (Å²) < 4.78 is 5.66. The predicted molar refractivity (Wildman–Crippen MR) is 106 cm³/mol. The molecule has 2 rings (SSSR count). The Morgan fingerprint density at radius 1 is 1.11 bits per heavy atom. The number of hydrogen-bond acceptors (Lipinski definition) is 3. The molecule has 2 aromatic carbocycles. The van der Waals surface area contributed by atoms with Gasteiger partial charge in [0.25, 0.3) is 5.91 Å². The zero-order chi connectivity index (χ0) is 19.6. The summed E-state index contributed by atoms with van der Waals surface area (Å²) in [5.41, 5.74) is 2.03. The molecule has 0 heterocycles. The molecule has 5 heteroatoms. The highest BCUT2D eigenvalue weighted by atomic mass is 16.5. The van der Waals surface area contributed by atoms with E-state index in [4.69, 9.17) is 4.74 Å². The Bertz CT molecular complexity index is 746. The maximum Gasteiger partial charge on any atom is 0.261 e. The van der Waals surface area contributed by atoms with Crippen molar-refractivity contribution in [3.8, 4) is 5.75 Å². The Morgan fingerprint density at radius 3 is 2.52 bits per heavy atom. The summed E-state index contributed by atoms with van der Waals surface area (Å²) in [6.45, 7) is 6.55. The Balaban J connectivity index is 2.09. The lowest BCUT2D eigenvalue weighted by molar-refractivity contribution is -0.142. The molecule has 5 nitrogen and oxygen atoms in total. The molecule has 0 saturated carbocycles. The molecular formula is C22H28N2O3. The van der Waals surface area contributed by atoms with Gasteiger partial charge in [0.05, 0.1) is 0 Å². The number of carbonyl (C=O) groups is 2. The molecule has 144 valence electrons. The van der Waals surface area contributed by atoms with Gasteiger partial charge in [0.2, 0.25) is 5.91 Å². The predicted octanol–water partition coefficient (Wildman–Crippen LogP) is 3.32. The maximum atomic E-state index is 12.8. The van der Waals surface area contributed by atoms with Crippen LogP contribution in [0.3, 0.4) is 0 Å². The molecule has 0 saturated heterocycles. The van der Waals surface area contributed by atoms with E-state index in [9.17, 15) is 9.59 Å². The Kier molecular flexibility index (Phi) is 7.86. The van der Waals surface area contributed by atoms with E-state index in [0.717, 1.165) is 17.5 Å². The van der Waals surface area contributed by atoms with Gasteiger partial charge in [0, 0.05) is 13.1 Å². The van der Waals surface area contributed by atoms with Crippen molar-refractivity contribution in [3.05, 3.63) is 65.7 Å². The smallest absolute Gasteiger partial charge is 0.261 e. The SMILES string of the molecule is CCCNC(=O)[C@H](C)N(Cc1ccccc1)C(=O)COc1cccc(C)c1. The minimum absolute atomic E-state index is 0.109. The van der Waals surface area contributed by atoms with Gasteiger partial charge in [-0.1, -0.05) is 49.4 Å². The van der Waals surface area contributed by atoms with Gasteiger partial charge >= 0.3 is 0 Å². The lowest BCUT2D eigenvalue weighted by Crippen LogP contribution is -2.49. The van der Waals surface area contributed by atoms with Crippen LogP contribution in [-0.2, 0) is 16.1 Å². The van der Waals surface area contributed by atoms with Crippen molar-refractivity contribution in [2.45, 2.75) is 39.8 Å². The van der Waals surface area contributed by atoms with Crippen LogP contribution in [0, 0.1) is 6.92 Å². The van der Waals surface area contributed by atoms with E-state index in [1.807, 2.05) is 68.4 Å². The number of nitrogens with zero attached hydrogens (tertiary/aromatic N) is 1. The van der Waals surface area contributed by atoms with Gasteiger partial charge in [-0.2, -0.15) is 0 Å². The van der Waals surface area contributed by atoms with Crippen LogP contribution in [-0.4, -0.2) is 35.9 Å². The third-order valence-electron chi connectivity index (χ3n) is 4.26. The topological polar surface area (TPSA) is 58.6 Å². The van der Waals surface area contributed by atoms with E-state index in [1.165, 1.54) is 0 Å². The van der Waals surface area contributed by atoms with Crippen molar-refractivity contribution in [2.75, 3.05) is 13.2 Å². The first-order valence-corrected chi connectivity index (χ1v) is 9.31. The average Bonchev–Trinajstić information content (AvgIpc) is 2.68. The minimum Gasteiger partial charge on any atom is -0.484 e. The lowest BCUT2D eigenvalue weighted by Gasteiger charge is -2.28. The quantitative estimate of drug-likeness (QED) is 0.739. The van der Waals surface area contributed by atoms with Crippen molar-refractivity contribution in [1.29, 1.82) is 0 Å². The van der Waals surface area contributed by atoms with Crippen molar-refractivity contribution in [3.63, 3.8) is 0 Å². The molecule has 0 fully saturated rings. The monoisotopic (exact) mass is 368 g/mol. The van der Waals surface area contributed by atoms with Gasteiger partial charge in [-0.3, -0.25) is 9.59 Å². The molecule has 0 unspecified atom stereocenters. The molecule has 0 aliphatic heterocycles. The number of ether oxygens (including phenoxy) is 1. The van der Waals surface area contributed by atoms with Crippen LogP contribution in [0.4, 0.5) is 0 Å². The minimum atomic E-state index is -0.578. The largest absolute Gasteiger partial charge is 0.484 e. The number of aryl methyl sites for hydroxylation is 1. The Hall–Kier alpha value is -2.82. The first-order chi connectivity index (χ1) is 13.0. The maximum absolute atomic E-state index is 12.8. The normalized spacial score (nSPS) is 11.5. The van der Waals surface area contributed by atoms with E-state index < -0.39 is 6.04 Å². The van der Waals surface area contributed by atoms with Gasteiger partial charge in [0.1, 0.15) is 11.8 Å². The summed E-state index contributed by atoms with van der Waals surface area (Å²) in [6.07, 6.45) is 0.849. The third kappa shape index (κ3) is 6.44. The fourth-order valence-electron chi connectivity index (χ4n) is 2.69. The van der Waals surface area contributed by atoms with E-state index >= 15 is 0 Å². The van der Waals surface area contributed by atoms with E-state index in [2.05, 4.69) is 5.32 Å². The molecule has 1 N–H and O–H groups in total. The van der Waals surface area contributed by atoms with Crippen molar-refractivity contribution < 1.29 is 14.3 Å². The summed E-state index contributed by atoms with van der Waals surface area (Å²) in [6, 6.07) is 16.6. The van der Waals surface area contributed by atoms with Crippen LogP contribution in [0.1, 0.15) is 31.4 Å². The molecule has 0 radical (unpaired) electrons. The molecule has 1 atom stereocenters. The molecule has 0 aromatic heterocycles. The molecule has 0 bridgehead atoms. The summed E-state index contributed by atoms with van der Waals surface area (Å²) >= 11 is 0. The lowest BCUT2D eigenvalue weighted by atomic mass is 10.1. The standard InChI is InChI=1S/C22H28N2O3/c1-4-13-23-22(26)18(3)24(15-19-10-6-5-7-11-19)21(25)16-27-20-12-8-9-17(2)14-20/h5-12,14,18H,4,13,15-16H2,1-3H3,(H,23,26)/t18-/m0/s1. The highest BCUT2D eigenvalue weighted by Gasteiger charge is 2.26. The molecule has 2 amide bonds. The number of nitrogens with one attached hydrogen (secondary N) is 1. The molecular weight excluding hydrogens is 340 g/mol. The van der Waals surface area contributed by atoms with Crippen molar-refractivity contribution in [1.82, 2.24) is 10.2 Å². The Morgan fingerprint density at radius 2 is 1.85 bits per heavy atom. The fourth-order valence-corrected chi connectivity index (χ4v) is 2.69. The van der Waals surface area contributed by atoms with Crippen LogP contribution >= 0.6 is 0 Å². The first kappa shape index (κ1) is 20.5. The Labute approximate surface area is 161 Å². The van der Waals surface area contributed by atoms with Crippen LogP contribution in [0.5, 0.6) is 5.75 Å². The zero-order valence-corrected chi connectivity index (χ0v) is 16.3. The molecule has 0 aliphatic rings. The highest BCUT2D eigenvalue weighted by Crippen LogP contribution is 2.14. The van der Waals surface area contributed by atoms with Gasteiger partial charge in [-0.15, -0.1) is 0 Å². The van der Waals surface area contributed by atoms with Gasteiger partial charge in [-0.25, -0.2) is 0 Å². The molecule has 2 aromatic rings. The molecule has 0 spiro atoms. The zero-order valence-electron chi connectivity index (χ0n) is 16.3. The average molecular weight is 368 g/mol. The fraction of sp³-hybridized carbons (Fsp3) is 0.364. The number of rotatable bonds is 9. The first-order valence-electron chi connectivity index (χ1n) is 9.31. The van der Waals surface area contributed by atoms with E-state index in [-0.39, 0.29) is 18.4 Å². The van der Waals surface area contributed by atoms with E-state index in [1.54, 1.807) is 11.8 Å². The van der Waals surface area contributed by atoms with E-state index in [0.29, 0.717) is 18.8 Å². The van der Waals surface area contributed by atoms with Gasteiger partial charge in [-0.05, 0) is 43.5 Å². The number of benzene rings is 2. The van der Waals surface area contributed by atoms with Crippen molar-refractivity contribution in [2.24, 2.45) is 0 Å². The van der Waals surface area contributed by atoms with Crippen LogP contribution < -0.4 is 10.1 Å². The van der Waals surface area contributed by atoms with Crippen molar-refractivity contribution >= 4 is 11.8 Å². The second kappa shape index (κ2) is 10.4. The van der Waals surface area contributed by atoms with Crippen LogP contribution in [0.2, 0.25) is 0 Å². The van der Waals surface area contributed by atoms with Gasteiger partial charge < -0.3 is 15.0 Å². The molecule has 27 heavy (non-hydrogen) atoms. The second-order valence-electron chi connectivity index (χ2n) is 6.58. The van der Waals surface area contributed by atoms with Crippen LogP contribution in [0.25, 0.3) is 0 Å². The van der Waals surface area contributed by atoms with Gasteiger partial charge in [0.15, 0.2) is 6.61 Å². The second-order valence-corrected chi connectivity index (χ2v) is 6.58. The summed E-state index contributed by atoms with van der Waals surface area (Å²) in [7, 11) is 0. The number of hydrogen-bond donors (Lipinski definition) is 1. The number of amides is 2. The summed E-state index contributed by atoms with van der Waals surface area (Å²) in [4.78, 5) is 26.8. The van der Waals surface area contributed by atoms with Crippen LogP contribution in [0.15, 0.2) is 54.6 Å². The number of carbonyl (C=O) groups excluding carboxylic acids is 2. The summed E-state index contributed by atoms with van der Waals surface area (Å²) in [5, 5.41) is 2.86. The molecule has 0 aliphatic carbocycles. The summed E-state index contributed by atoms with van der Waals surface area (Å²) in [5.74, 6) is 0.266. The highest BCUT2D eigenvalue weighted by molar-refractivity contribution is 5.87. The third-order valence-corrected chi connectivity index (χ3v) is 4.26.